The fourth-order valence-corrected chi connectivity index (χ4v) is 1.86. The molecule has 0 spiro atoms. The third kappa shape index (κ3) is 1.85. The van der Waals surface area contributed by atoms with Crippen molar-refractivity contribution < 1.29 is 9.90 Å². The van der Waals surface area contributed by atoms with Crippen molar-refractivity contribution in [3.05, 3.63) is 11.6 Å². The molecule has 82 valence electrons. The van der Waals surface area contributed by atoms with Crippen LogP contribution in [0.15, 0.2) is 0 Å². The summed E-state index contributed by atoms with van der Waals surface area (Å²) in [5.74, 6) is 0.613. The van der Waals surface area contributed by atoms with Crippen LogP contribution in [0.3, 0.4) is 0 Å². The molecule has 6 nitrogen and oxygen atoms in total. The molecule has 1 amide bonds. The number of likely N-dealkylation sites (tertiary alicyclic amines) is 1. The Hall–Kier alpha value is -1.43. The molecule has 0 aliphatic carbocycles. The summed E-state index contributed by atoms with van der Waals surface area (Å²) in [6, 6.07) is -0.0729. The summed E-state index contributed by atoms with van der Waals surface area (Å²) in [6.07, 6.45) is 1.78. The van der Waals surface area contributed by atoms with Crippen LogP contribution < -0.4 is 0 Å². The highest BCUT2D eigenvalue weighted by molar-refractivity contribution is 5.90. The zero-order chi connectivity index (χ0) is 10.8. The molecule has 6 heteroatoms. The molecule has 1 atom stereocenters. The minimum absolute atomic E-state index is 0.00907. The van der Waals surface area contributed by atoms with Crippen molar-refractivity contribution in [2.75, 3.05) is 13.2 Å². The summed E-state index contributed by atoms with van der Waals surface area (Å²) in [7, 11) is 0. The van der Waals surface area contributed by atoms with Crippen molar-refractivity contribution in [3.8, 4) is 0 Å². The molecule has 1 aliphatic heterocycles. The number of H-pyrrole nitrogens is 1. The molecule has 1 aromatic heterocycles. The monoisotopic (exact) mass is 210 g/mol. The van der Waals surface area contributed by atoms with Crippen molar-refractivity contribution in [2.24, 2.45) is 0 Å². The highest BCUT2D eigenvalue weighted by Gasteiger charge is 2.30. The molecule has 1 saturated heterocycles. The number of carbonyl (C=O) groups excluding carboxylic acids is 1. The summed E-state index contributed by atoms with van der Waals surface area (Å²) in [5.41, 5.74) is 0. The number of rotatable bonds is 2. The Labute approximate surface area is 87.3 Å². The summed E-state index contributed by atoms with van der Waals surface area (Å²) in [5, 5.41) is 15.5. The van der Waals surface area contributed by atoms with E-state index in [0.717, 1.165) is 12.8 Å². The molecule has 1 aromatic rings. The van der Waals surface area contributed by atoms with Gasteiger partial charge in [-0.25, -0.2) is 4.98 Å². The molecule has 0 aromatic carbocycles. The fourth-order valence-electron chi connectivity index (χ4n) is 1.86. The number of aromatic amines is 1. The van der Waals surface area contributed by atoms with E-state index in [1.165, 1.54) is 0 Å². The Bertz CT molecular complexity index is 363. The van der Waals surface area contributed by atoms with Gasteiger partial charge in [-0.3, -0.25) is 9.89 Å². The van der Waals surface area contributed by atoms with Crippen LogP contribution in [0, 0.1) is 6.92 Å². The standard InChI is InChI=1S/C9H14N4O2/c1-6-10-8(12-11-6)9(15)13-4-2-3-7(13)5-14/h7,14H,2-5H2,1H3,(H,10,11,12)/t7-/m1/s1. The third-order valence-corrected chi connectivity index (χ3v) is 2.64. The molecule has 0 unspecified atom stereocenters. The molecular formula is C9H14N4O2. The van der Waals surface area contributed by atoms with Gasteiger partial charge in [0.25, 0.3) is 5.91 Å². The fraction of sp³-hybridized carbons (Fsp3) is 0.667. The van der Waals surface area contributed by atoms with E-state index >= 15 is 0 Å². The predicted octanol–water partition coefficient (Wildman–Crippen LogP) is -0.290. The summed E-state index contributed by atoms with van der Waals surface area (Å²) >= 11 is 0. The van der Waals surface area contributed by atoms with E-state index < -0.39 is 0 Å². The average molecular weight is 210 g/mol. The van der Waals surface area contributed by atoms with Crippen LogP contribution in [0.4, 0.5) is 0 Å². The lowest BCUT2D eigenvalue weighted by atomic mass is 10.2. The minimum Gasteiger partial charge on any atom is -0.394 e. The van der Waals surface area contributed by atoms with Gasteiger partial charge in [-0.1, -0.05) is 0 Å². The highest BCUT2D eigenvalue weighted by Crippen LogP contribution is 2.18. The first-order valence-electron chi connectivity index (χ1n) is 5.03. The molecule has 1 fully saturated rings. The van der Waals surface area contributed by atoms with Gasteiger partial charge >= 0.3 is 0 Å². The summed E-state index contributed by atoms with van der Waals surface area (Å²) < 4.78 is 0. The van der Waals surface area contributed by atoms with Crippen LogP contribution in [0.25, 0.3) is 0 Å². The lowest BCUT2D eigenvalue weighted by Gasteiger charge is -2.21. The third-order valence-electron chi connectivity index (χ3n) is 2.64. The molecular weight excluding hydrogens is 196 g/mol. The number of aryl methyl sites for hydroxylation is 1. The van der Waals surface area contributed by atoms with Gasteiger partial charge in [-0.05, 0) is 19.8 Å². The number of hydrogen-bond donors (Lipinski definition) is 2. The molecule has 0 saturated carbocycles. The Morgan fingerprint density at radius 3 is 3.13 bits per heavy atom. The molecule has 0 radical (unpaired) electrons. The smallest absolute Gasteiger partial charge is 0.293 e. The van der Waals surface area contributed by atoms with E-state index in [1.807, 2.05) is 0 Å². The van der Waals surface area contributed by atoms with Crippen LogP contribution in [0.1, 0.15) is 29.3 Å². The van der Waals surface area contributed by atoms with Crippen LogP contribution in [-0.2, 0) is 0 Å². The van der Waals surface area contributed by atoms with Crippen LogP contribution in [0.2, 0.25) is 0 Å². The van der Waals surface area contributed by atoms with Crippen molar-refractivity contribution in [1.82, 2.24) is 20.1 Å². The maximum absolute atomic E-state index is 11.9. The number of aromatic nitrogens is 3. The van der Waals surface area contributed by atoms with Gasteiger partial charge in [-0.15, -0.1) is 5.10 Å². The molecule has 2 rings (SSSR count). The average Bonchev–Trinajstić information content (AvgIpc) is 2.84. The number of hydrogen-bond acceptors (Lipinski definition) is 4. The number of carbonyl (C=O) groups is 1. The maximum atomic E-state index is 11.9. The molecule has 2 N–H and O–H groups in total. The Morgan fingerprint density at radius 1 is 1.73 bits per heavy atom. The second-order valence-corrected chi connectivity index (χ2v) is 3.72. The van der Waals surface area contributed by atoms with E-state index in [2.05, 4.69) is 15.2 Å². The molecule has 15 heavy (non-hydrogen) atoms. The van der Waals surface area contributed by atoms with Gasteiger partial charge in [-0.2, -0.15) is 0 Å². The van der Waals surface area contributed by atoms with Crippen molar-refractivity contribution in [3.63, 3.8) is 0 Å². The van der Waals surface area contributed by atoms with E-state index in [-0.39, 0.29) is 24.4 Å². The normalized spacial score (nSPS) is 20.9. The topological polar surface area (TPSA) is 82.1 Å². The number of aliphatic hydroxyl groups excluding tert-OH is 1. The number of amides is 1. The Morgan fingerprint density at radius 2 is 2.53 bits per heavy atom. The van der Waals surface area contributed by atoms with Gasteiger partial charge in [0.15, 0.2) is 0 Å². The second-order valence-electron chi connectivity index (χ2n) is 3.72. The Kier molecular flexibility index (Phi) is 2.68. The van der Waals surface area contributed by atoms with Gasteiger partial charge in [0.05, 0.1) is 12.6 Å². The number of nitrogens with zero attached hydrogens (tertiary/aromatic N) is 3. The zero-order valence-electron chi connectivity index (χ0n) is 8.60. The van der Waals surface area contributed by atoms with Gasteiger partial charge in [0.2, 0.25) is 5.82 Å². The SMILES string of the molecule is Cc1nc(C(=O)N2CCC[C@@H]2CO)n[nH]1. The van der Waals surface area contributed by atoms with Crippen LogP contribution in [0.5, 0.6) is 0 Å². The number of nitrogens with one attached hydrogen (secondary N) is 1. The second kappa shape index (κ2) is 3.98. The first-order valence-corrected chi connectivity index (χ1v) is 5.03. The first-order chi connectivity index (χ1) is 7.22. The first kappa shape index (κ1) is 10.1. The molecule has 0 bridgehead atoms. The lowest BCUT2D eigenvalue weighted by Crippen LogP contribution is -2.38. The highest BCUT2D eigenvalue weighted by atomic mass is 16.3. The molecule has 2 heterocycles. The van der Waals surface area contributed by atoms with Crippen LogP contribution >= 0.6 is 0 Å². The minimum atomic E-state index is -0.198. The van der Waals surface area contributed by atoms with Gasteiger partial charge in [0, 0.05) is 6.54 Å². The van der Waals surface area contributed by atoms with E-state index in [9.17, 15) is 4.79 Å². The largest absolute Gasteiger partial charge is 0.394 e. The zero-order valence-corrected chi connectivity index (χ0v) is 8.60. The van der Waals surface area contributed by atoms with Crippen molar-refractivity contribution in [1.29, 1.82) is 0 Å². The summed E-state index contributed by atoms with van der Waals surface area (Å²) in [4.78, 5) is 17.5. The maximum Gasteiger partial charge on any atom is 0.293 e. The van der Waals surface area contributed by atoms with Crippen molar-refractivity contribution >= 4 is 5.91 Å². The van der Waals surface area contributed by atoms with E-state index in [1.54, 1.807) is 11.8 Å². The molecule has 1 aliphatic rings. The quantitative estimate of drug-likeness (QED) is 0.702. The van der Waals surface area contributed by atoms with Crippen molar-refractivity contribution in [2.45, 2.75) is 25.8 Å². The van der Waals surface area contributed by atoms with E-state index in [4.69, 9.17) is 5.11 Å². The lowest BCUT2D eigenvalue weighted by molar-refractivity contribution is 0.0666. The summed E-state index contributed by atoms with van der Waals surface area (Å²) in [6.45, 7) is 2.43. The van der Waals surface area contributed by atoms with Gasteiger partial charge in [0.1, 0.15) is 5.82 Å². The van der Waals surface area contributed by atoms with Crippen LogP contribution in [-0.4, -0.2) is 50.3 Å². The number of aliphatic hydroxyl groups is 1. The van der Waals surface area contributed by atoms with Gasteiger partial charge < -0.3 is 10.0 Å². The predicted molar refractivity (Wildman–Crippen MR) is 52.3 cm³/mol. The van der Waals surface area contributed by atoms with E-state index in [0.29, 0.717) is 12.4 Å². The Balaban J connectivity index is 2.13.